The molecule has 0 fully saturated rings. The Morgan fingerprint density at radius 1 is 1.40 bits per heavy atom. The average molecular weight is 319 g/mol. The highest BCUT2D eigenvalue weighted by atomic mass is 35.5. The van der Waals surface area contributed by atoms with E-state index in [4.69, 9.17) is 16.7 Å². The molecule has 0 heterocycles. The molecule has 110 valence electrons. The van der Waals surface area contributed by atoms with Gasteiger partial charge in [-0.2, -0.15) is 0 Å². The maximum absolute atomic E-state index is 11.6. The molecule has 1 atom stereocenters. The summed E-state index contributed by atoms with van der Waals surface area (Å²) in [5.74, 6) is -0.565. The maximum atomic E-state index is 11.6. The summed E-state index contributed by atoms with van der Waals surface area (Å²) in [7, 11) is -0.877. The standard InChI is InChI=1S/C12H15ClN2O4S/c1-20(19)6-2-5-14-12(18)15-10-4-3-8(11(16)17)7-9(10)13/h3-4,7H,2,5-6H2,1H3,(H,16,17)(H2,14,15,18). The first-order chi connectivity index (χ1) is 9.40. The lowest BCUT2D eigenvalue weighted by molar-refractivity contribution is 0.0697. The molecule has 3 N–H and O–H groups in total. The van der Waals surface area contributed by atoms with E-state index in [1.54, 1.807) is 6.26 Å². The van der Waals surface area contributed by atoms with Crippen LogP contribution in [0.25, 0.3) is 0 Å². The number of amides is 2. The molecular formula is C12H15ClN2O4S. The van der Waals surface area contributed by atoms with Crippen molar-refractivity contribution in [3.05, 3.63) is 28.8 Å². The summed E-state index contributed by atoms with van der Waals surface area (Å²) >= 11 is 5.87. The fraction of sp³-hybridized carbons (Fsp3) is 0.333. The Morgan fingerprint density at radius 3 is 2.65 bits per heavy atom. The number of benzene rings is 1. The van der Waals surface area contributed by atoms with Crippen LogP contribution in [-0.2, 0) is 10.8 Å². The van der Waals surface area contributed by atoms with Crippen molar-refractivity contribution in [3.8, 4) is 0 Å². The minimum atomic E-state index is -1.09. The van der Waals surface area contributed by atoms with Crippen molar-refractivity contribution in [2.75, 3.05) is 23.9 Å². The number of hydrogen-bond donors (Lipinski definition) is 3. The van der Waals surface area contributed by atoms with Crippen LogP contribution in [0.15, 0.2) is 18.2 Å². The van der Waals surface area contributed by atoms with Crippen molar-refractivity contribution < 1.29 is 18.9 Å². The molecule has 0 aliphatic rings. The van der Waals surface area contributed by atoms with Gasteiger partial charge >= 0.3 is 12.0 Å². The van der Waals surface area contributed by atoms with Crippen molar-refractivity contribution >= 4 is 40.1 Å². The number of carboxylic acids is 1. The first-order valence-electron chi connectivity index (χ1n) is 5.78. The highest BCUT2D eigenvalue weighted by molar-refractivity contribution is 7.84. The van der Waals surface area contributed by atoms with E-state index in [-0.39, 0.29) is 10.6 Å². The third kappa shape index (κ3) is 5.58. The molecule has 0 aliphatic heterocycles. The van der Waals surface area contributed by atoms with Crippen LogP contribution < -0.4 is 10.6 Å². The fourth-order valence-corrected chi connectivity index (χ4v) is 2.17. The Morgan fingerprint density at radius 2 is 2.10 bits per heavy atom. The quantitative estimate of drug-likeness (QED) is 0.698. The number of halogens is 1. The zero-order valence-electron chi connectivity index (χ0n) is 10.8. The van der Waals surface area contributed by atoms with E-state index in [9.17, 15) is 13.8 Å². The molecule has 2 amide bonds. The van der Waals surface area contributed by atoms with Gasteiger partial charge < -0.3 is 15.7 Å². The van der Waals surface area contributed by atoms with Gasteiger partial charge in [-0.15, -0.1) is 0 Å². The highest BCUT2D eigenvalue weighted by Gasteiger charge is 2.09. The molecule has 8 heteroatoms. The van der Waals surface area contributed by atoms with E-state index in [2.05, 4.69) is 10.6 Å². The fourth-order valence-electron chi connectivity index (χ4n) is 1.39. The van der Waals surface area contributed by atoms with Crippen LogP contribution in [0, 0.1) is 0 Å². The molecule has 0 aromatic heterocycles. The van der Waals surface area contributed by atoms with Gasteiger partial charge in [-0.3, -0.25) is 4.21 Å². The predicted octanol–water partition coefficient (Wildman–Crippen LogP) is 1.93. The monoisotopic (exact) mass is 318 g/mol. The molecule has 0 spiro atoms. The lowest BCUT2D eigenvalue weighted by atomic mass is 10.2. The van der Waals surface area contributed by atoms with E-state index >= 15 is 0 Å². The normalized spacial score (nSPS) is 11.7. The van der Waals surface area contributed by atoms with Gasteiger partial charge in [0.05, 0.1) is 16.3 Å². The summed E-state index contributed by atoms with van der Waals surface area (Å²) in [6, 6.07) is 3.59. The molecule has 0 bridgehead atoms. The molecule has 1 unspecified atom stereocenters. The molecule has 1 rings (SSSR count). The number of carbonyl (C=O) groups is 2. The van der Waals surface area contributed by atoms with Crippen LogP contribution in [0.5, 0.6) is 0 Å². The number of rotatable bonds is 6. The lowest BCUT2D eigenvalue weighted by Crippen LogP contribution is -2.30. The molecule has 0 aliphatic carbocycles. The second kappa shape index (κ2) is 7.86. The van der Waals surface area contributed by atoms with E-state index in [1.165, 1.54) is 18.2 Å². The van der Waals surface area contributed by atoms with Crippen molar-refractivity contribution in [2.45, 2.75) is 6.42 Å². The summed E-state index contributed by atoms with van der Waals surface area (Å²) in [6.45, 7) is 0.399. The molecule has 6 nitrogen and oxygen atoms in total. The lowest BCUT2D eigenvalue weighted by Gasteiger charge is -2.09. The third-order valence-corrected chi connectivity index (χ3v) is 3.53. The minimum Gasteiger partial charge on any atom is -0.478 e. The third-order valence-electron chi connectivity index (χ3n) is 2.36. The van der Waals surface area contributed by atoms with Crippen LogP contribution in [0.1, 0.15) is 16.8 Å². The Labute approximate surface area is 124 Å². The van der Waals surface area contributed by atoms with E-state index < -0.39 is 22.8 Å². The number of hydrogen-bond acceptors (Lipinski definition) is 3. The van der Waals surface area contributed by atoms with Gasteiger partial charge in [-0.25, -0.2) is 9.59 Å². The smallest absolute Gasteiger partial charge is 0.335 e. The molecular weight excluding hydrogens is 304 g/mol. The molecule has 0 saturated carbocycles. The maximum Gasteiger partial charge on any atom is 0.335 e. The van der Waals surface area contributed by atoms with Gasteiger partial charge in [0.15, 0.2) is 0 Å². The summed E-state index contributed by atoms with van der Waals surface area (Å²) in [6.07, 6.45) is 2.21. The summed E-state index contributed by atoms with van der Waals surface area (Å²) in [4.78, 5) is 22.3. The van der Waals surface area contributed by atoms with Crippen LogP contribution >= 0.6 is 11.6 Å². The summed E-state index contributed by atoms with van der Waals surface area (Å²) < 4.78 is 10.8. The van der Waals surface area contributed by atoms with E-state index in [0.29, 0.717) is 24.4 Å². The zero-order valence-corrected chi connectivity index (χ0v) is 12.4. The van der Waals surface area contributed by atoms with Crippen LogP contribution in [0.2, 0.25) is 5.02 Å². The van der Waals surface area contributed by atoms with E-state index in [1.807, 2.05) is 0 Å². The molecule has 20 heavy (non-hydrogen) atoms. The first kappa shape index (κ1) is 16.5. The Kier molecular flexibility index (Phi) is 6.47. The number of anilines is 1. The number of nitrogens with one attached hydrogen (secondary N) is 2. The van der Waals surface area contributed by atoms with Crippen molar-refractivity contribution in [3.63, 3.8) is 0 Å². The van der Waals surface area contributed by atoms with Gasteiger partial charge in [-0.05, 0) is 24.6 Å². The minimum absolute atomic E-state index is 0.0476. The Balaban J connectivity index is 2.50. The van der Waals surface area contributed by atoms with Crippen LogP contribution in [0.4, 0.5) is 10.5 Å². The Bertz CT molecular complexity index is 536. The Hall–Kier alpha value is -1.60. The molecule has 0 radical (unpaired) electrons. The first-order valence-corrected chi connectivity index (χ1v) is 7.88. The number of aromatic carboxylic acids is 1. The second-order valence-electron chi connectivity index (χ2n) is 4.01. The highest BCUT2D eigenvalue weighted by Crippen LogP contribution is 2.22. The van der Waals surface area contributed by atoms with E-state index in [0.717, 1.165) is 0 Å². The van der Waals surface area contributed by atoms with Gasteiger partial charge in [0, 0.05) is 29.4 Å². The summed E-state index contributed by atoms with van der Waals surface area (Å²) in [5.41, 5.74) is 0.375. The molecule has 0 saturated heterocycles. The average Bonchev–Trinajstić information content (AvgIpc) is 2.36. The van der Waals surface area contributed by atoms with Gasteiger partial charge in [0.1, 0.15) is 0 Å². The summed E-state index contributed by atoms with van der Waals surface area (Å²) in [5, 5.41) is 14.0. The van der Waals surface area contributed by atoms with Crippen molar-refractivity contribution in [1.82, 2.24) is 5.32 Å². The zero-order chi connectivity index (χ0) is 15.1. The predicted molar refractivity (Wildman–Crippen MR) is 79.0 cm³/mol. The SMILES string of the molecule is CS(=O)CCCNC(=O)Nc1ccc(C(=O)O)cc1Cl. The van der Waals surface area contributed by atoms with Gasteiger partial charge in [0.2, 0.25) is 0 Å². The van der Waals surface area contributed by atoms with Crippen LogP contribution in [0.3, 0.4) is 0 Å². The van der Waals surface area contributed by atoms with Gasteiger partial charge in [0.25, 0.3) is 0 Å². The van der Waals surface area contributed by atoms with Gasteiger partial charge in [-0.1, -0.05) is 11.6 Å². The topological polar surface area (TPSA) is 95.5 Å². The van der Waals surface area contributed by atoms with Crippen LogP contribution in [-0.4, -0.2) is 39.9 Å². The second-order valence-corrected chi connectivity index (χ2v) is 5.97. The number of carbonyl (C=O) groups excluding carboxylic acids is 1. The van der Waals surface area contributed by atoms with Crippen molar-refractivity contribution in [2.24, 2.45) is 0 Å². The largest absolute Gasteiger partial charge is 0.478 e. The number of urea groups is 1. The number of carboxylic acid groups (broad SMARTS) is 1. The van der Waals surface area contributed by atoms with Crippen molar-refractivity contribution in [1.29, 1.82) is 0 Å². The molecule has 1 aromatic rings. The molecule has 1 aromatic carbocycles.